The number of aliphatic hydroxyl groups excluding tert-OH is 1. The van der Waals surface area contributed by atoms with Crippen molar-refractivity contribution in [2.45, 2.75) is 19.0 Å². The molecule has 170 valence electrons. The van der Waals surface area contributed by atoms with E-state index in [1.165, 1.54) is 31.5 Å². The molecule has 0 bridgehead atoms. The molecule has 1 amide bonds. The molecule has 9 nitrogen and oxygen atoms in total. The van der Waals surface area contributed by atoms with Crippen LogP contribution in [0.25, 0.3) is 5.76 Å². The quantitative estimate of drug-likeness (QED) is 0.321. The normalized spacial score (nSPS) is 17.4. The molecule has 2 aromatic heterocycles. The maximum Gasteiger partial charge on any atom is 0.295 e. The minimum Gasteiger partial charge on any atom is -0.507 e. The molecule has 1 aromatic carbocycles. The highest BCUT2D eigenvalue weighted by Gasteiger charge is 2.46. The highest BCUT2D eigenvalue weighted by atomic mass is 16.5. The fraction of sp³-hybridized carbons (Fsp3) is 0.250. The van der Waals surface area contributed by atoms with E-state index in [1.54, 1.807) is 42.9 Å². The number of carbonyl (C=O) groups excluding carboxylic acids is 2. The van der Waals surface area contributed by atoms with Crippen LogP contribution in [0, 0.1) is 0 Å². The molecule has 1 unspecified atom stereocenters. The lowest BCUT2D eigenvalue weighted by Crippen LogP contribution is -2.31. The van der Waals surface area contributed by atoms with Gasteiger partial charge < -0.3 is 24.0 Å². The Morgan fingerprint density at radius 3 is 2.42 bits per heavy atom. The number of hydrogen-bond acceptors (Lipinski definition) is 7. The molecule has 3 aromatic rings. The van der Waals surface area contributed by atoms with Crippen molar-refractivity contribution in [1.29, 1.82) is 0 Å². The fourth-order valence-electron chi connectivity index (χ4n) is 3.99. The third-order valence-electron chi connectivity index (χ3n) is 5.59. The molecule has 1 aliphatic heterocycles. The summed E-state index contributed by atoms with van der Waals surface area (Å²) in [5.74, 6) is -0.647. The zero-order valence-corrected chi connectivity index (χ0v) is 18.3. The smallest absolute Gasteiger partial charge is 0.295 e. The second-order valence-electron chi connectivity index (χ2n) is 7.50. The lowest BCUT2D eigenvalue weighted by Gasteiger charge is -2.26. The van der Waals surface area contributed by atoms with Crippen LogP contribution in [-0.2, 0) is 16.1 Å². The van der Waals surface area contributed by atoms with Crippen molar-refractivity contribution in [2.24, 2.45) is 0 Å². The van der Waals surface area contributed by atoms with E-state index in [1.807, 2.05) is 10.8 Å². The van der Waals surface area contributed by atoms with Gasteiger partial charge in [0, 0.05) is 43.4 Å². The summed E-state index contributed by atoms with van der Waals surface area (Å²) in [7, 11) is 3.05. The molecular weight excluding hydrogens is 424 g/mol. The van der Waals surface area contributed by atoms with Crippen LogP contribution in [0.1, 0.15) is 23.6 Å². The van der Waals surface area contributed by atoms with Gasteiger partial charge in [0.15, 0.2) is 11.5 Å². The van der Waals surface area contributed by atoms with Gasteiger partial charge in [-0.3, -0.25) is 14.6 Å². The molecule has 9 heteroatoms. The maximum atomic E-state index is 13.1. The zero-order valence-electron chi connectivity index (χ0n) is 18.3. The second-order valence-corrected chi connectivity index (χ2v) is 7.50. The van der Waals surface area contributed by atoms with E-state index in [-0.39, 0.29) is 11.3 Å². The summed E-state index contributed by atoms with van der Waals surface area (Å²) in [6.45, 7) is 0.945. The molecule has 1 atom stereocenters. The van der Waals surface area contributed by atoms with Gasteiger partial charge >= 0.3 is 0 Å². The van der Waals surface area contributed by atoms with E-state index >= 15 is 0 Å². The van der Waals surface area contributed by atoms with Gasteiger partial charge in [-0.2, -0.15) is 0 Å². The van der Waals surface area contributed by atoms with Crippen LogP contribution in [0.3, 0.4) is 0 Å². The van der Waals surface area contributed by atoms with Crippen LogP contribution in [0.2, 0.25) is 0 Å². The average molecular weight is 448 g/mol. The van der Waals surface area contributed by atoms with Crippen LogP contribution >= 0.6 is 0 Å². The van der Waals surface area contributed by atoms with E-state index in [0.29, 0.717) is 42.1 Å². The Labute approximate surface area is 190 Å². The molecule has 1 fully saturated rings. The van der Waals surface area contributed by atoms with Gasteiger partial charge in [-0.25, -0.2) is 4.98 Å². The molecule has 4 rings (SSSR count). The van der Waals surface area contributed by atoms with Crippen molar-refractivity contribution < 1.29 is 24.2 Å². The largest absolute Gasteiger partial charge is 0.507 e. The minimum atomic E-state index is -0.777. The molecule has 3 heterocycles. The van der Waals surface area contributed by atoms with Crippen molar-refractivity contribution in [2.75, 3.05) is 20.8 Å². The van der Waals surface area contributed by atoms with E-state index in [9.17, 15) is 14.7 Å². The Kier molecular flexibility index (Phi) is 6.39. The number of ether oxygens (including phenoxy) is 2. The third kappa shape index (κ3) is 4.30. The number of benzene rings is 1. The van der Waals surface area contributed by atoms with Crippen LogP contribution < -0.4 is 9.47 Å². The molecular formula is C24H24N4O5. The number of likely N-dealkylation sites (tertiary alicyclic amines) is 1. The first-order chi connectivity index (χ1) is 16.0. The average Bonchev–Trinajstić information content (AvgIpc) is 3.46. The molecule has 0 saturated carbocycles. The summed E-state index contributed by atoms with van der Waals surface area (Å²) in [4.78, 5) is 35.6. The first-order valence-corrected chi connectivity index (χ1v) is 10.4. The molecule has 1 N–H and O–H groups in total. The number of nitrogens with zero attached hydrogens (tertiary/aromatic N) is 4. The molecule has 1 saturated heterocycles. The van der Waals surface area contributed by atoms with Crippen LogP contribution in [0.5, 0.6) is 11.5 Å². The number of aryl methyl sites for hydroxylation is 1. The number of methoxy groups -OCH3 is 2. The highest BCUT2D eigenvalue weighted by Crippen LogP contribution is 2.41. The van der Waals surface area contributed by atoms with Crippen molar-refractivity contribution in [1.82, 2.24) is 19.4 Å². The lowest BCUT2D eigenvalue weighted by molar-refractivity contribution is -0.139. The van der Waals surface area contributed by atoms with Gasteiger partial charge in [0.2, 0.25) is 0 Å². The predicted octanol–water partition coefficient (Wildman–Crippen LogP) is 2.81. The van der Waals surface area contributed by atoms with Crippen LogP contribution in [0.4, 0.5) is 0 Å². The standard InChI is InChI=1S/C24H24N4O5/c1-32-18-5-4-17(14-19(18)33-2)21-20(22(29)16-6-8-25-9-7-16)23(30)24(31)28(21)12-3-11-27-13-10-26-15-27/h4-10,13-15,21,29H,3,11-12H2,1-2H3. The molecule has 0 spiro atoms. The summed E-state index contributed by atoms with van der Waals surface area (Å²) < 4.78 is 12.7. The van der Waals surface area contributed by atoms with Crippen LogP contribution in [-0.4, -0.2) is 57.0 Å². The molecule has 0 aliphatic carbocycles. The van der Waals surface area contributed by atoms with Crippen LogP contribution in [0.15, 0.2) is 67.0 Å². The summed E-state index contributed by atoms with van der Waals surface area (Å²) in [6.07, 6.45) is 8.85. The summed E-state index contributed by atoms with van der Waals surface area (Å²) in [6, 6.07) is 7.60. The summed E-state index contributed by atoms with van der Waals surface area (Å²) in [5.41, 5.74) is 1.07. The number of amides is 1. The number of pyridine rings is 1. The van der Waals surface area contributed by atoms with E-state index < -0.39 is 17.7 Å². The number of hydrogen-bond donors (Lipinski definition) is 1. The van der Waals surface area contributed by atoms with Crippen molar-refractivity contribution in [3.8, 4) is 11.5 Å². The Balaban J connectivity index is 1.76. The van der Waals surface area contributed by atoms with Crippen molar-refractivity contribution in [3.05, 3.63) is 78.1 Å². The Morgan fingerprint density at radius 2 is 1.76 bits per heavy atom. The van der Waals surface area contributed by atoms with Gasteiger partial charge in [0.25, 0.3) is 11.7 Å². The number of Topliss-reactive ketones (excluding diaryl/α,β-unsaturated/α-hetero) is 1. The first kappa shape index (κ1) is 22.1. The maximum absolute atomic E-state index is 13.1. The minimum absolute atomic E-state index is 0.0288. The number of rotatable bonds is 8. The van der Waals surface area contributed by atoms with E-state index in [4.69, 9.17) is 9.47 Å². The Morgan fingerprint density at radius 1 is 1.00 bits per heavy atom. The van der Waals surface area contributed by atoms with Gasteiger partial charge in [0.1, 0.15) is 5.76 Å². The summed E-state index contributed by atoms with van der Waals surface area (Å²) in [5, 5.41) is 11.0. The van der Waals surface area contributed by atoms with Gasteiger partial charge in [-0.15, -0.1) is 0 Å². The number of imidazole rings is 1. The molecule has 1 aliphatic rings. The Hall–Kier alpha value is -4.14. The van der Waals surface area contributed by atoms with Crippen molar-refractivity contribution >= 4 is 17.4 Å². The monoisotopic (exact) mass is 448 g/mol. The van der Waals surface area contributed by atoms with Crippen molar-refractivity contribution in [3.63, 3.8) is 0 Å². The Bertz CT molecular complexity index is 1170. The zero-order chi connectivity index (χ0) is 23.4. The summed E-state index contributed by atoms with van der Waals surface area (Å²) >= 11 is 0. The fourth-order valence-corrected chi connectivity index (χ4v) is 3.99. The van der Waals surface area contributed by atoms with E-state index in [2.05, 4.69) is 9.97 Å². The SMILES string of the molecule is COc1ccc(C2C(=C(O)c3ccncc3)C(=O)C(=O)N2CCCn2ccnc2)cc1OC. The van der Waals surface area contributed by atoms with E-state index in [0.717, 1.165) is 0 Å². The van der Waals surface area contributed by atoms with Gasteiger partial charge in [0.05, 0.1) is 32.2 Å². The number of aliphatic hydroxyl groups is 1. The third-order valence-corrected chi connectivity index (χ3v) is 5.59. The number of ketones is 1. The second kappa shape index (κ2) is 9.56. The number of aromatic nitrogens is 3. The predicted molar refractivity (Wildman–Crippen MR) is 120 cm³/mol. The molecule has 0 radical (unpaired) electrons. The van der Waals surface area contributed by atoms with Gasteiger partial charge in [-0.05, 0) is 36.2 Å². The lowest BCUT2D eigenvalue weighted by atomic mass is 9.95. The molecule has 33 heavy (non-hydrogen) atoms. The highest BCUT2D eigenvalue weighted by molar-refractivity contribution is 6.46. The first-order valence-electron chi connectivity index (χ1n) is 10.4. The van der Waals surface area contributed by atoms with Gasteiger partial charge in [-0.1, -0.05) is 6.07 Å². The topological polar surface area (TPSA) is 107 Å². The number of carbonyl (C=O) groups is 2.